The van der Waals surface area contributed by atoms with E-state index in [1.807, 2.05) is 29.0 Å². The zero-order valence-corrected chi connectivity index (χ0v) is 12.0. The number of hydrogen-bond acceptors (Lipinski definition) is 3. The minimum Gasteiger partial charge on any atom is -0.346 e. The lowest BCUT2D eigenvalue weighted by molar-refractivity contribution is 0.591. The summed E-state index contributed by atoms with van der Waals surface area (Å²) in [4.78, 5) is 0. The summed E-state index contributed by atoms with van der Waals surface area (Å²) in [6.45, 7) is 2.78. The largest absolute Gasteiger partial charge is 0.346 e. The maximum Gasteiger partial charge on any atom is 0.151 e. The summed E-state index contributed by atoms with van der Waals surface area (Å²) in [7, 11) is -2.93. The van der Waals surface area contributed by atoms with Crippen molar-refractivity contribution in [2.45, 2.75) is 19.9 Å². The van der Waals surface area contributed by atoms with Crippen molar-refractivity contribution in [2.75, 3.05) is 18.1 Å². The van der Waals surface area contributed by atoms with Gasteiger partial charge >= 0.3 is 0 Å². The molecular formula is C14H20N2O2S. The van der Waals surface area contributed by atoms with E-state index in [1.165, 1.54) is 10.9 Å². The number of rotatable bonds is 6. The highest BCUT2D eigenvalue weighted by Gasteiger charge is 2.11. The van der Waals surface area contributed by atoms with Crippen LogP contribution in [0.25, 0.3) is 10.9 Å². The van der Waals surface area contributed by atoms with Gasteiger partial charge in [-0.1, -0.05) is 25.1 Å². The van der Waals surface area contributed by atoms with Crippen molar-refractivity contribution in [1.29, 1.82) is 0 Å². The zero-order chi connectivity index (χ0) is 13.9. The Balaban J connectivity index is 2.33. The summed E-state index contributed by atoms with van der Waals surface area (Å²) >= 11 is 0. The number of nitrogens with zero attached hydrogens (tertiary/aromatic N) is 1. The molecule has 0 aliphatic rings. The highest BCUT2D eigenvalue weighted by atomic mass is 32.2. The quantitative estimate of drug-likeness (QED) is 0.873. The Kier molecular flexibility index (Phi) is 4.27. The van der Waals surface area contributed by atoms with Crippen LogP contribution in [-0.2, 0) is 22.8 Å². The summed E-state index contributed by atoms with van der Waals surface area (Å²) in [5.74, 6) is 0.381. The normalized spacial score (nSPS) is 12.1. The molecule has 2 N–H and O–H groups in total. The van der Waals surface area contributed by atoms with E-state index in [4.69, 9.17) is 5.73 Å². The van der Waals surface area contributed by atoms with Gasteiger partial charge < -0.3 is 10.3 Å². The van der Waals surface area contributed by atoms with Crippen LogP contribution < -0.4 is 5.73 Å². The third kappa shape index (κ3) is 3.16. The number of para-hydroxylation sites is 1. The minimum atomic E-state index is -2.93. The maximum atomic E-state index is 11.6. The molecule has 4 nitrogen and oxygen atoms in total. The van der Waals surface area contributed by atoms with E-state index in [-0.39, 0.29) is 11.5 Å². The van der Waals surface area contributed by atoms with Gasteiger partial charge in [0.1, 0.15) is 0 Å². The summed E-state index contributed by atoms with van der Waals surface area (Å²) in [5.41, 5.74) is 7.89. The standard InChI is InChI=1S/C14H20N2O2S/c1-2-19(17,18)10-9-16-11-12(7-8-15)13-5-3-4-6-14(13)16/h3-6,11H,2,7-10,15H2,1H3. The third-order valence-electron chi connectivity index (χ3n) is 3.37. The van der Waals surface area contributed by atoms with Crippen molar-refractivity contribution >= 4 is 20.7 Å². The molecule has 0 fully saturated rings. The van der Waals surface area contributed by atoms with Gasteiger partial charge in [0, 0.05) is 29.4 Å². The highest BCUT2D eigenvalue weighted by Crippen LogP contribution is 2.21. The maximum absolute atomic E-state index is 11.6. The number of nitrogens with two attached hydrogens (primary N) is 1. The van der Waals surface area contributed by atoms with Gasteiger partial charge in [-0.2, -0.15) is 0 Å². The molecular weight excluding hydrogens is 260 g/mol. The molecule has 0 spiro atoms. The number of sulfone groups is 1. The summed E-state index contributed by atoms with van der Waals surface area (Å²) < 4.78 is 25.2. The van der Waals surface area contributed by atoms with Crippen molar-refractivity contribution in [2.24, 2.45) is 5.73 Å². The molecule has 0 unspecified atom stereocenters. The second-order valence-corrected chi connectivity index (χ2v) is 7.11. The van der Waals surface area contributed by atoms with E-state index in [0.717, 1.165) is 11.9 Å². The van der Waals surface area contributed by atoms with Crippen LogP contribution >= 0.6 is 0 Å². The SMILES string of the molecule is CCS(=O)(=O)CCn1cc(CCN)c2ccccc21. The first-order valence-corrected chi connectivity index (χ1v) is 8.37. The Labute approximate surface area is 114 Å². The highest BCUT2D eigenvalue weighted by molar-refractivity contribution is 7.91. The zero-order valence-electron chi connectivity index (χ0n) is 11.2. The van der Waals surface area contributed by atoms with Crippen molar-refractivity contribution in [3.8, 4) is 0 Å². The van der Waals surface area contributed by atoms with Crippen LogP contribution in [0.5, 0.6) is 0 Å². The van der Waals surface area contributed by atoms with Crippen LogP contribution in [-0.4, -0.2) is 31.0 Å². The fourth-order valence-corrected chi connectivity index (χ4v) is 3.01. The van der Waals surface area contributed by atoms with Crippen LogP contribution in [0.2, 0.25) is 0 Å². The number of aryl methyl sites for hydroxylation is 1. The molecule has 2 rings (SSSR count). The minimum absolute atomic E-state index is 0.185. The van der Waals surface area contributed by atoms with E-state index in [1.54, 1.807) is 6.92 Å². The van der Waals surface area contributed by atoms with Gasteiger partial charge in [0.2, 0.25) is 0 Å². The molecule has 0 saturated carbocycles. The molecule has 0 amide bonds. The summed E-state index contributed by atoms with van der Waals surface area (Å²) in [6.07, 6.45) is 2.84. The fourth-order valence-electron chi connectivity index (χ4n) is 2.24. The summed E-state index contributed by atoms with van der Waals surface area (Å²) in [6, 6.07) is 8.05. The average Bonchev–Trinajstić information content (AvgIpc) is 2.76. The average molecular weight is 280 g/mol. The van der Waals surface area contributed by atoms with E-state index < -0.39 is 9.84 Å². The molecule has 0 radical (unpaired) electrons. The van der Waals surface area contributed by atoms with Gasteiger partial charge in [-0.25, -0.2) is 8.42 Å². The second kappa shape index (κ2) is 5.75. The first-order valence-electron chi connectivity index (χ1n) is 6.54. The molecule has 1 heterocycles. The van der Waals surface area contributed by atoms with Gasteiger partial charge in [0.25, 0.3) is 0 Å². The molecule has 19 heavy (non-hydrogen) atoms. The van der Waals surface area contributed by atoms with Crippen LogP contribution in [0.3, 0.4) is 0 Å². The molecule has 1 aromatic carbocycles. The van der Waals surface area contributed by atoms with Crippen molar-refractivity contribution in [1.82, 2.24) is 4.57 Å². The van der Waals surface area contributed by atoms with Crippen LogP contribution in [0.1, 0.15) is 12.5 Å². The van der Waals surface area contributed by atoms with Gasteiger partial charge in [-0.15, -0.1) is 0 Å². The molecule has 0 aliphatic carbocycles. The van der Waals surface area contributed by atoms with Crippen molar-refractivity contribution in [3.63, 3.8) is 0 Å². The number of aromatic nitrogens is 1. The van der Waals surface area contributed by atoms with Crippen molar-refractivity contribution < 1.29 is 8.42 Å². The van der Waals surface area contributed by atoms with Gasteiger partial charge in [0.05, 0.1) is 5.75 Å². The Morgan fingerprint density at radius 1 is 1.26 bits per heavy atom. The lowest BCUT2D eigenvalue weighted by atomic mass is 10.1. The van der Waals surface area contributed by atoms with Crippen LogP contribution in [0.15, 0.2) is 30.5 Å². The molecule has 0 aliphatic heterocycles. The molecule has 5 heteroatoms. The van der Waals surface area contributed by atoms with Gasteiger partial charge in [0.15, 0.2) is 9.84 Å². The second-order valence-electron chi connectivity index (χ2n) is 4.64. The number of benzene rings is 1. The first-order chi connectivity index (χ1) is 9.07. The van der Waals surface area contributed by atoms with E-state index in [0.29, 0.717) is 13.1 Å². The molecule has 0 bridgehead atoms. The predicted molar refractivity (Wildman–Crippen MR) is 79.0 cm³/mol. The lowest BCUT2D eigenvalue weighted by Crippen LogP contribution is -2.14. The lowest BCUT2D eigenvalue weighted by Gasteiger charge is -2.05. The fraction of sp³-hybridized carbons (Fsp3) is 0.429. The first kappa shape index (κ1) is 14.1. The Bertz CT molecular complexity index is 659. The predicted octanol–water partition coefficient (Wildman–Crippen LogP) is 1.58. The molecule has 104 valence electrons. The molecule has 0 saturated heterocycles. The van der Waals surface area contributed by atoms with Crippen LogP contribution in [0, 0.1) is 0 Å². The third-order valence-corrected chi connectivity index (χ3v) is 5.05. The Hall–Kier alpha value is -1.33. The number of fused-ring (bicyclic) bond motifs is 1. The number of hydrogen-bond donors (Lipinski definition) is 1. The van der Waals surface area contributed by atoms with Crippen LogP contribution in [0.4, 0.5) is 0 Å². The van der Waals surface area contributed by atoms with Crippen molar-refractivity contribution in [3.05, 3.63) is 36.0 Å². The Morgan fingerprint density at radius 2 is 2.00 bits per heavy atom. The van der Waals surface area contributed by atoms with E-state index in [2.05, 4.69) is 6.07 Å². The monoisotopic (exact) mass is 280 g/mol. The Morgan fingerprint density at radius 3 is 2.68 bits per heavy atom. The smallest absolute Gasteiger partial charge is 0.151 e. The molecule has 1 aromatic heterocycles. The summed E-state index contributed by atoms with van der Waals surface area (Å²) in [5, 5.41) is 1.17. The molecule has 0 atom stereocenters. The molecule has 2 aromatic rings. The van der Waals surface area contributed by atoms with Gasteiger partial charge in [-0.05, 0) is 24.6 Å². The van der Waals surface area contributed by atoms with Gasteiger partial charge in [-0.3, -0.25) is 0 Å². The van der Waals surface area contributed by atoms with E-state index >= 15 is 0 Å². The van der Waals surface area contributed by atoms with E-state index in [9.17, 15) is 8.42 Å². The topological polar surface area (TPSA) is 65.1 Å².